The highest BCUT2D eigenvalue weighted by Crippen LogP contribution is 2.24. The average Bonchev–Trinajstić information content (AvgIpc) is 2.72. The summed E-state index contributed by atoms with van der Waals surface area (Å²) in [7, 11) is 0. The van der Waals surface area contributed by atoms with E-state index in [2.05, 4.69) is 0 Å². The molecule has 0 aliphatic carbocycles. The van der Waals surface area contributed by atoms with Gasteiger partial charge in [-0.1, -0.05) is 11.8 Å². The summed E-state index contributed by atoms with van der Waals surface area (Å²) in [6, 6.07) is 3.23. The van der Waals surface area contributed by atoms with E-state index in [1.165, 1.54) is 23.6 Å². The second kappa shape index (κ2) is 6.35. The summed E-state index contributed by atoms with van der Waals surface area (Å²) < 4.78 is 26.6. The fraction of sp³-hybridized carbons (Fsp3) is 0.429. The monoisotopic (exact) mass is 299 g/mol. The first-order valence-corrected chi connectivity index (χ1v) is 7.29. The number of benzene rings is 1. The zero-order chi connectivity index (χ0) is 14.7. The van der Waals surface area contributed by atoms with Gasteiger partial charge >= 0.3 is 0 Å². The number of nitrogens with zero attached hydrogens (tertiary/aromatic N) is 1. The number of hydrogen-bond donors (Lipinski definition) is 0. The molecule has 1 amide bonds. The number of carbonyl (C=O) groups excluding carboxylic acids is 2. The molecule has 1 saturated heterocycles. The molecule has 0 radical (unpaired) electrons. The van der Waals surface area contributed by atoms with Gasteiger partial charge in [0.2, 0.25) is 5.91 Å². The summed E-state index contributed by atoms with van der Waals surface area (Å²) in [6.07, 6.45) is 0.358. The van der Waals surface area contributed by atoms with E-state index in [-0.39, 0.29) is 29.0 Å². The summed E-state index contributed by atoms with van der Waals surface area (Å²) in [5.74, 6) is -0.434. The molecule has 1 aromatic rings. The van der Waals surface area contributed by atoms with Crippen LogP contribution >= 0.6 is 11.8 Å². The minimum Gasteiger partial charge on any atom is -0.338 e. The van der Waals surface area contributed by atoms with Crippen molar-refractivity contribution in [2.24, 2.45) is 5.92 Å². The van der Waals surface area contributed by atoms with E-state index in [9.17, 15) is 18.4 Å². The third-order valence-corrected chi connectivity index (χ3v) is 4.23. The normalized spacial score (nSPS) is 18.6. The van der Waals surface area contributed by atoms with Gasteiger partial charge in [0.1, 0.15) is 11.6 Å². The number of thioether (sulfide) groups is 1. The third kappa shape index (κ3) is 3.79. The summed E-state index contributed by atoms with van der Waals surface area (Å²) in [6.45, 7) is 2.04. The minimum atomic E-state index is -0.517. The van der Waals surface area contributed by atoms with Gasteiger partial charge in [0.05, 0.1) is 0 Å². The lowest BCUT2D eigenvalue weighted by Gasteiger charge is -2.17. The molecule has 0 spiro atoms. The Morgan fingerprint density at radius 2 is 2.20 bits per heavy atom. The molecule has 1 atom stereocenters. The maximum absolute atomic E-state index is 13.5. The average molecular weight is 299 g/mol. The Morgan fingerprint density at radius 3 is 2.90 bits per heavy atom. The molecule has 1 aliphatic heterocycles. The second-order valence-electron chi connectivity index (χ2n) is 4.88. The van der Waals surface area contributed by atoms with Gasteiger partial charge in [-0.2, -0.15) is 0 Å². The summed E-state index contributed by atoms with van der Waals surface area (Å²) in [5, 5.41) is 0.0204. The van der Waals surface area contributed by atoms with Crippen molar-refractivity contribution in [2.75, 3.05) is 12.3 Å². The molecule has 1 aliphatic rings. The Labute approximate surface area is 120 Å². The van der Waals surface area contributed by atoms with Crippen LogP contribution in [-0.2, 0) is 16.1 Å². The lowest BCUT2D eigenvalue weighted by molar-refractivity contribution is -0.128. The molecular weight excluding hydrogens is 284 g/mol. The molecule has 0 N–H and O–H groups in total. The Balaban J connectivity index is 1.98. The highest BCUT2D eigenvalue weighted by molar-refractivity contribution is 8.13. The van der Waals surface area contributed by atoms with Crippen LogP contribution in [0.5, 0.6) is 0 Å². The molecule has 20 heavy (non-hydrogen) atoms. The van der Waals surface area contributed by atoms with Crippen LogP contribution in [0, 0.1) is 17.6 Å². The van der Waals surface area contributed by atoms with Crippen molar-refractivity contribution in [1.82, 2.24) is 4.90 Å². The van der Waals surface area contributed by atoms with E-state index >= 15 is 0 Å². The van der Waals surface area contributed by atoms with E-state index in [1.54, 1.807) is 0 Å². The van der Waals surface area contributed by atoms with E-state index in [1.807, 2.05) is 0 Å². The van der Waals surface area contributed by atoms with Gasteiger partial charge in [-0.15, -0.1) is 0 Å². The number of amides is 1. The highest BCUT2D eigenvalue weighted by Gasteiger charge is 2.30. The molecule has 6 heteroatoms. The topological polar surface area (TPSA) is 37.4 Å². The van der Waals surface area contributed by atoms with Crippen molar-refractivity contribution in [3.63, 3.8) is 0 Å². The molecule has 0 saturated carbocycles. The van der Waals surface area contributed by atoms with Gasteiger partial charge in [-0.3, -0.25) is 9.59 Å². The van der Waals surface area contributed by atoms with Gasteiger partial charge in [0.15, 0.2) is 5.12 Å². The lowest BCUT2D eigenvalue weighted by Crippen LogP contribution is -2.25. The van der Waals surface area contributed by atoms with Crippen LogP contribution < -0.4 is 0 Å². The minimum absolute atomic E-state index is 0.0204. The molecule has 0 bridgehead atoms. The lowest BCUT2D eigenvalue weighted by atomic mass is 10.1. The largest absolute Gasteiger partial charge is 0.338 e. The van der Waals surface area contributed by atoms with Gasteiger partial charge < -0.3 is 4.90 Å². The molecule has 108 valence electrons. The van der Waals surface area contributed by atoms with Crippen molar-refractivity contribution in [1.29, 1.82) is 0 Å². The Morgan fingerprint density at radius 1 is 1.45 bits per heavy atom. The molecule has 1 aromatic carbocycles. The van der Waals surface area contributed by atoms with Crippen LogP contribution in [-0.4, -0.2) is 28.2 Å². The van der Waals surface area contributed by atoms with E-state index in [0.29, 0.717) is 18.7 Å². The number of rotatable bonds is 4. The van der Waals surface area contributed by atoms with Crippen molar-refractivity contribution in [2.45, 2.75) is 19.9 Å². The molecule has 2 rings (SSSR count). The Kier molecular flexibility index (Phi) is 4.75. The smallest absolute Gasteiger partial charge is 0.223 e. The zero-order valence-corrected chi connectivity index (χ0v) is 11.9. The van der Waals surface area contributed by atoms with Crippen molar-refractivity contribution < 1.29 is 18.4 Å². The molecule has 1 fully saturated rings. The first-order valence-electron chi connectivity index (χ1n) is 6.30. The van der Waals surface area contributed by atoms with Crippen LogP contribution in [0.4, 0.5) is 8.78 Å². The Hall–Kier alpha value is -1.43. The van der Waals surface area contributed by atoms with Gasteiger partial charge in [-0.05, 0) is 24.1 Å². The van der Waals surface area contributed by atoms with Gasteiger partial charge in [0.25, 0.3) is 0 Å². The predicted octanol–water partition coefficient (Wildman–Crippen LogP) is 2.59. The molecule has 1 unspecified atom stereocenters. The molecule has 3 nitrogen and oxygen atoms in total. The van der Waals surface area contributed by atoms with Crippen molar-refractivity contribution >= 4 is 22.8 Å². The second-order valence-corrected chi connectivity index (χ2v) is 6.08. The number of likely N-dealkylation sites (tertiary alicyclic amines) is 1. The summed E-state index contributed by atoms with van der Waals surface area (Å²) in [5.41, 5.74) is 0.179. The van der Waals surface area contributed by atoms with E-state index in [0.717, 1.165) is 18.2 Å². The SMILES string of the molecule is CC(=O)SCC1CC(=O)N(Cc2cc(F)ccc2F)C1. The number of carbonyl (C=O) groups is 2. The number of halogens is 2. The maximum Gasteiger partial charge on any atom is 0.223 e. The van der Waals surface area contributed by atoms with E-state index < -0.39 is 11.6 Å². The zero-order valence-electron chi connectivity index (χ0n) is 11.1. The van der Waals surface area contributed by atoms with Crippen molar-refractivity contribution in [3.8, 4) is 0 Å². The maximum atomic E-state index is 13.5. The van der Waals surface area contributed by atoms with Crippen LogP contribution in [0.25, 0.3) is 0 Å². The van der Waals surface area contributed by atoms with Crippen LogP contribution in [0.1, 0.15) is 18.9 Å². The first-order chi connectivity index (χ1) is 9.45. The van der Waals surface area contributed by atoms with Gasteiger partial charge in [0, 0.05) is 37.8 Å². The van der Waals surface area contributed by atoms with E-state index in [4.69, 9.17) is 0 Å². The Bertz CT molecular complexity index is 536. The molecular formula is C14H15F2NO2S. The van der Waals surface area contributed by atoms with Gasteiger partial charge in [-0.25, -0.2) is 8.78 Å². The van der Waals surface area contributed by atoms with Crippen LogP contribution in [0.2, 0.25) is 0 Å². The van der Waals surface area contributed by atoms with Crippen LogP contribution in [0.3, 0.4) is 0 Å². The fourth-order valence-corrected chi connectivity index (χ4v) is 2.92. The number of hydrogen-bond acceptors (Lipinski definition) is 3. The highest BCUT2D eigenvalue weighted by atomic mass is 32.2. The molecule has 1 heterocycles. The van der Waals surface area contributed by atoms with Crippen molar-refractivity contribution in [3.05, 3.63) is 35.4 Å². The molecule has 0 aromatic heterocycles. The standard InChI is InChI=1S/C14H15F2NO2S/c1-9(18)20-8-10-4-14(19)17(6-10)7-11-5-12(15)2-3-13(11)16/h2-3,5,10H,4,6-8H2,1H3. The summed E-state index contributed by atoms with van der Waals surface area (Å²) >= 11 is 1.19. The quantitative estimate of drug-likeness (QED) is 0.857. The fourth-order valence-electron chi connectivity index (χ4n) is 2.22. The first kappa shape index (κ1) is 15.0. The van der Waals surface area contributed by atoms with Crippen LogP contribution in [0.15, 0.2) is 18.2 Å². The predicted molar refractivity (Wildman–Crippen MR) is 73.0 cm³/mol. The summed E-state index contributed by atoms with van der Waals surface area (Å²) in [4.78, 5) is 24.3. The third-order valence-electron chi connectivity index (χ3n) is 3.19.